The summed E-state index contributed by atoms with van der Waals surface area (Å²) in [6.45, 7) is 0. The van der Waals surface area contributed by atoms with Crippen LogP contribution in [0.15, 0.2) is 30.3 Å². The van der Waals surface area contributed by atoms with E-state index in [0.29, 0.717) is 22.8 Å². The van der Waals surface area contributed by atoms with Crippen LogP contribution < -0.4 is 4.74 Å². The van der Waals surface area contributed by atoms with Crippen molar-refractivity contribution >= 4 is 23.2 Å². The standard InChI is InChI=1S/C13H7Cl2F4NO/c14-6-11-9(15)2-4-12(20-11)21-7-1-3-10(16)8(5-7)13(17,18)19/h1-5H,6H2. The first-order chi connectivity index (χ1) is 9.81. The Hall–Kier alpha value is -1.53. The Morgan fingerprint density at radius 2 is 1.86 bits per heavy atom. The first kappa shape index (κ1) is 15.9. The van der Waals surface area contributed by atoms with Crippen LogP contribution in [0.2, 0.25) is 5.02 Å². The Morgan fingerprint density at radius 3 is 2.48 bits per heavy atom. The average Bonchev–Trinajstić information content (AvgIpc) is 2.42. The minimum absolute atomic E-state index is 0.00906. The minimum Gasteiger partial charge on any atom is -0.439 e. The molecule has 0 saturated carbocycles. The molecule has 0 bridgehead atoms. The van der Waals surface area contributed by atoms with E-state index < -0.39 is 17.6 Å². The number of pyridine rings is 1. The molecule has 0 N–H and O–H groups in total. The zero-order valence-corrected chi connectivity index (χ0v) is 11.7. The maximum atomic E-state index is 13.1. The van der Waals surface area contributed by atoms with Crippen LogP contribution in [0, 0.1) is 5.82 Å². The van der Waals surface area contributed by atoms with E-state index in [9.17, 15) is 17.6 Å². The van der Waals surface area contributed by atoms with E-state index in [1.165, 1.54) is 12.1 Å². The fourth-order valence-electron chi connectivity index (χ4n) is 1.52. The van der Waals surface area contributed by atoms with Crippen molar-refractivity contribution in [2.75, 3.05) is 0 Å². The van der Waals surface area contributed by atoms with Crippen molar-refractivity contribution in [2.24, 2.45) is 0 Å². The van der Waals surface area contributed by atoms with E-state index in [-0.39, 0.29) is 17.5 Å². The molecule has 2 aromatic rings. The molecule has 0 saturated heterocycles. The highest BCUT2D eigenvalue weighted by molar-refractivity contribution is 6.32. The first-order valence-corrected chi connectivity index (χ1v) is 6.48. The van der Waals surface area contributed by atoms with Crippen molar-refractivity contribution in [3.05, 3.63) is 52.4 Å². The Kier molecular flexibility index (Phi) is 4.58. The summed E-state index contributed by atoms with van der Waals surface area (Å²) in [4.78, 5) is 3.94. The second kappa shape index (κ2) is 6.07. The van der Waals surface area contributed by atoms with Crippen molar-refractivity contribution in [1.82, 2.24) is 4.98 Å². The van der Waals surface area contributed by atoms with Crippen LogP contribution in [0.1, 0.15) is 11.3 Å². The van der Waals surface area contributed by atoms with Gasteiger partial charge in [-0.1, -0.05) is 11.6 Å². The Bertz CT molecular complexity index is 661. The van der Waals surface area contributed by atoms with E-state index in [4.69, 9.17) is 27.9 Å². The van der Waals surface area contributed by atoms with Crippen LogP contribution in [0.5, 0.6) is 11.6 Å². The monoisotopic (exact) mass is 339 g/mol. The summed E-state index contributed by atoms with van der Waals surface area (Å²) in [6.07, 6.45) is -4.81. The number of hydrogen-bond donors (Lipinski definition) is 0. The van der Waals surface area contributed by atoms with E-state index in [1.54, 1.807) is 0 Å². The van der Waals surface area contributed by atoms with Gasteiger partial charge in [-0.15, -0.1) is 11.6 Å². The zero-order chi connectivity index (χ0) is 15.6. The molecule has 1 aromatic carbocycles. The summed E-state index contributed by atoms with van der Waals surface area (Å²) >= 11 is 11.4. The quantitative estimate of drug-likeness (QED) is 0.549. The highest BCUT2D eigenvalue weighted by Crippen LogP contribution is 2.34. The Labute approximate surface area is 127 Å². The van der Waals surface area contributed by atoms with Gasteiger partial charge in [-0.05, 0) is 24.3 Å². The van der Waals surface area contributed by atoms with Gasteiger partial charge in [0.2, 0.25) is 5.88 Å². The number of halogens is 6. The van der Waals surface area contributed by atoms with Gasteiger partial charge in [-0.2, -0.15) is 13.2 Å². The SMILES string of the molecule is Fc1ccc(Oc2ccc(Cl)c(CCl)n2)cc1C(F)(F)F. The van der Waals surface area contributed by atoms with Gasteiger partial charge >= 0.3 is 6.18 Å². The summed E-state index contributed by atoms with van der Waals surface area (Å²) in [7, 11) is 0. The minimum atomic E-state index is -4.81. The largest absolute Gasteiger partial charge is 0.439 e. The number of ether oxygens (including phenoxy) is 1. The van der Waals surface area contributed by atoms with Crippen molar-refractivity contribution in [1.29, 1.82) is 0 Å². The molecule has 2 nitrogen and oxygen atoms in total. The normalized spacial score (nSPS) is 11.5. The maximum Gasteiger partial charge on any atom is 0.419 e. The number of benzene rings is 1. The van der Waals surface area contributed by atoms with E-state index in [1.807, 2.05) is 0 Å². The molecule has 1 aromatic heterocycles. The highest BCUT2D eigenvalue weighted by atomic mass is 35.5. The smallest absolute Gasteiger partial charge is 0.419 e. The molecule has 1 heterocycles. The first-order valence-electron chi connectivity index (χ1n) is 5.57. The molecule has 112 valence electrons. The number of alkyl halides is 4. The molecule has 0 unspecified atom stereocenters. The van der Waals surface area contributed by atoms with Gasteiger partial charge in [0.25, 0.3) is 0 Å². The molecule has 0 spiro atoms. The van der Waals surface area contributed by atoms with Crippen LogP contribution in [-0.2, 0) is 12.1 Å². The number of rotatable bonds is 3. The second-order valence-electron chi connectivity index (χ2n) is 3.95. The molecular formula is C13H7Cl2F4NO. The fourth-order valence-corrected chi connectivity index (χ4v) is 1.96. The van der Waals surface area contributed by atoms with E-state index >= 15 is 0 Å². The van der Waals surface area contributed by atoms with Gasteiger partial charge in [0.1, 0.15) is 11.6 Å². The third-order valence-electron chi connectivity index (χ3n) is 2.49. The lowest BCUT2D eigenvalue weighted by Gasteiger charge is -2.11. The third-order valence-corrected chi connectivity index (χ3v) is 3.08. The molecule has 0 aliphatic heterocycles. The molecule has 0 amide bonds. The van der Waals surface area contributed by atoms with Crippen molar-refractivity contribution in [2.45, 2.75) is 12.1 Å². The zero-order valence-electron chi connectivity index (χ0n) is 10.2. The van der Waals surface area contributed by atoms with Gasteiger partial charge in [0.15, 0.2) is 0 Å². The second-order valence-corrected chi connectivity index (χ2v) is 4.63. The molecule has 2 rings (SSSR count). The maximum absolute atomic E-state index is 13.1. The lowest BCUT2D eigenvalue weighted by Crippen LogP contribution is -2.08. The van der Waals surface area contributed by atoms with Gasteiger partial charge < -0.3 is 4.74 Å². The van der Waals surface area contributed by atoms with Gasteiger partial charge in [0.05, 0.1) is 22.2 Å². The molecular weight excluding hydrogens is 333 g/mol. The lowest BCUT2D eigenvalue weighted by atomic mass is 10.2. The summed E-state index contributed by atoms with van der Waals surface area (Å²) in [6, 6.07) is 5.13. The third kappa shape index (κ3) is 3.77. The topological polar surface area (TPSA) is 22.1 Å². The predicted octanol–water partition coefficient (Wildman–Crippen LogP) is 5.42. The van der Waals surface area contributed by atoms with Crippen LogP contribution in [0.3, 0.4) is 0 Å². The fraction of sp³-hybridized carbons (Fsp3) is 0.154. The summed E-state index contributed by atoms with van der Waals surface area (Å²) in [5.41, 5.74) is -1.08. The molecule has 21 heavy (non-hydrogen) atoms. The molecule has 0 radical (unpaired) electrons. The Morgan fingerprint density at radius 1 is 1.14 bits per heavy atom. The van der Waals surface area contributed by atoms with Crippen molar-refractivity contribution < 1.29 is 22.3 Å². The molecule has 0 aliphatic carbocycles. The molecule has 8 heteroatoms. The van der Waals surface area contributed by atoms with Crippen LogP contribution in [0.4, 0.5) is 17.6 Å². The van der Waals surface area contributed by atoms with Crippen LogP contribution in [0.25, 0.3) is 0 Å². The van der Waals surface area contributed by atoms with Crippen LogP contribution in [-0.4, -0.2) is 4.98 Å². The van der Waals surface area contributed by atoms with Gasteiger partial charge in [-0.3, -0.25) is 0 Å². The number of hydrogen-bond acceptors (Lipinski definition) is 2. The number of nitrogens with zero attached hydrogens (tertiary/aromatic N) is 1. The predicted molar refractivity (Wildman–Crippen MR) is 70.3 cm³/mol. The van der Waals surface area contributed by atoms with Crippen molar-refractivity contribution in [3.63, 3.8) is 0 Å². The summed E-state index contributed by atoms with van der Waals surface area (Å²) in [5.74, 6) is -1.54. The van der Waals surface area contributed by atoms with Gasteiger partial charge in [0, 0.05) is 6.07 Å². The average molecular weight is 340 g/mol. The molecule has 0 aliphatic rings. The Balaban J connectivity index is 2.32. The molecule has 0 fully saturated rings. The highest BCUT2D eigenvalue weighted by Gasteiger charge is 2.34. The van der Waals surface area contributed by atoms with Crippen molar-refractivity contribution in [3.8, 4) is 11.6 Å². The van der Waals surface area contributed by atoms with Gasteiger partial charge in [-0.25, -0.2) is 9.37 Å². The number of aromatic nitrogens is 1. The summed E-state index contributed by atoms with van der Waals surface area (Å²) < 4.78 is 56.1. The van der Waals surface area contributed by atoms with E-state index in [2.05, 4.69) is 4.98 Å². The summed E-state index contributed by atoms with van der Waals surface area (Å²) in [5, 5.41) is 0.312. The van der Waals surface area contributed by atoms with E-state index in [0.717, 1.165) is 6.07 Å². The van der Waals surface area contributed by atoms with Crippen LogP contribution >= 0.6 is 23.2 Å². The lowest BCUT2D eigenvalue weighted by molar-refractivity contribution is -0.140. The molecule has 0 atom stereocenters.